The summed E-state index contributed by atoms with van der Waals surface area (Å²) in [5.74, 6) is -0.878. The molecule has 0 radical (unpaired) electrons. The summed E-state index contributed by atoms with van der Waals surface area (Å²) in [6.45, 7) is 4.10. The van der Waals surface area contributed by atoms with Gasteiger partial charge >= 0.3 is 11.9 Å². The maximum Gasteiger partial charge on any atom is 0.306 e. The Labute approximate surface area is 507 Å². The van der Waals surface area contributed by atoms with Gasteiger partial charge in [0.25, 0.3) is 7.82 Å². The highest BCUT2D eigenvalue weighted by molar-refractivity contribution is 7.45. The zero-order valence-corrected chi connectivity index (χ0v) is 55.1. The van der Waals surface area contributed by atoms with Crippen LogP contribution in [0.4, 0.5) is 0 Å². The Morgan fingerprint density at radius 1 is 0.390 bits per heavy atom. The third kappa shape index (κ3) is 66.3. The van der Waals surface area contributed by atoms with Crippen LogP contribution in [0, 0.1) is 0 Å². The minimum atomic E-state index is -4.66. The maximum absolute atomic E-state index is 12.8. The summed E-state index contributed by atoms with van der Waals surface area (Å²) in [5.41, 5.74) is 0. The van der Waals surface area contributed by atoms with Gasteiger partial charge in [0.1, 0.15) is 19.8 Å². The van der Waals surface area contributed by atoms with Gasteiger partial charge in [-0.15, -0.1) is 0 Å². The van der Waals surface area contributed by atoms with Crippen molar-refractivity contribution in [2.75, 3.05) is 47.5 Å². The number of carbonyl (C=O) groups excluding carboxylic acids is 2. The number of hydrogen-bond acceptors (Lipinski definition) is 8. The molecule has 2 atom stereocenters. The molecule has 476 valence electrons. The molecule has 0 aromatic heterocycles. The van der Waals surface area contributed by atoms with Crippen LogP contribution in [0.5, 0.6) is 0 Å². The van der Waals surface area contributed by atoms with Crippen LogP contribution < -0.4 is 4.89 Å². The van der Waals surface area contributed by atoms with E-state index in [1.165, 1.54) is 205 Å². The minimum Gasteiger partial charge on any atom is -0.756 e. The van der Waals surface area contributed by atoms with Gasteiger partial charge in [-0.05, 0) is 89.9 Å². The molecule has 0 fully saturated rings. The normalized spacial score (nSPS) is 13.7. The lowest BCUT2D eigenvalue weighted by atomic mass is 10.0. The standard InChI is InChI=1S/C72H130NO8P/c1-6-8-10-12-14-16-18-20-22-24-26-28-29-30-31-32-33-34-35-36-37-38-39-40-41-42-43-45-46-48-50-52-54-56-58-60-62-64-71(74)78-68-70(69-80-82(76,77)79-67-66-73(3,4)5)81-72(75)65-63-61-59-57-55-53-51-49-47-44-27-25-23-21-19-17-15-13-11-9-7-2/h9,11,15,17,21,23-24,26-27,44,49,51,55,57,70H,6-8,10,12-14,16,18-20,22,25,28-43,45-48,50,52-54,56,58-69H2,1-5H3/b11-9-,17-15-,23-21-,26-24-,44-27-,51-49-,57-55-. The summed E-state index contributed by atoms with van der Waals surface area (Å²) in [4.78, 5) is 38.0. The Kier molecular flexibility index (Phi) is 60.6. The van der Waals surface area contributed by atoms with E-state index < -0.39 is 32.5 Å². The molecular weight excluding hydrogens is 1040 g/mol. The molecule has 10 heteroatoms. The molecule has 0 heterocycles. The van der Waals surface area contributed by atoms with Gasteiger partial charge in [0.2, 0.25) is 0 Å². The molecule has 0 N–H and O–H groups in total. The maximum atomic E-state index is 12.8. The Morgan fingerprint density at radius 2 is 0.695 bits per heavy atom. The average molecular weight is 1170 g/mol. The number of phosphoric acid groups is 1. The molecule has 0 saturated carbocycles. The van der Waals surface area contributed by atoms with Gasteiger partial charge in [-0.25, -0.2) is 0 Å². The third-order valence-corrected chi connectivity index (χ3v) is 15.9. The van der Waals surface area contributed by atoms with Crippen LogP contribution in [0.15, 0.2) is 85.1 Å². The number of carbonyl (C=O) groups is 2. The quantitative estimate of drug-likeness (QED) is 0.0195. The lowest BCUT2D eigenvalue weighted by Gasteiger charge is -2.28. The molecule has 0 aromatic carbocycles. The number of hydrogen-bond donors (Lipinski definition) is 0. The van der Waals surface area contributed by atoms with Crippen LogP contribution in [0.2, 0.25) is 0 Å². The molecule has 0 amide bonds. The van der Waals surface area contributed by atoms with Crippen molar-refractivity contribution >= 4 is 19.8 Å². The van der Waals surface area contributed by atoms with E-state index in [0.717, 1.165) is 70.6 Å². The Balaban J connectivity index is 4.00. The third-order valence-electron chi connectivity index (χ3n) is 14.9. The molecule has 0 rings (SSSR count). The van der Waals surface area contributed by atoms with Crippen LogP contribution in [-0.2, 0) is 32.7 Å². The van der Waals surface area contributed by atoms with E-state index >= 15 is 0 Å². The van der Waals surface area contributed by atoms with Crippen molar-refractivity contribution in [3.05, 3.63) is 85.1 Å². The van der Waals surface area contributed by atoms with E-state index in [0.29, 0.717) is 17.4 Å². The van der Waals surface area contributed by atoms with E-state index in [1.54, 1.807) is 0 Å². The Bertz CT molecular complexity index is 1660. The zero-order valence-electron chi connectivity index (χ0n) is 54.2. The molecule has 82 heavy (non-hydrogen) atoms. The van der Waals surface area contributed by atoms with Gasteiger partial charge in [-0.3, -0.25) is 14.2 Å². The molecule has 0 aromatic rings. The second-order valence-corrected chi connectivity index (χ2v) is 25.6. The molecule has 0 aliphatic rings. The molecule has 2 unspecified atom stereocenters. The van der Waals surface area contributed by atoms with Gasteiger partial charge in [0, 0.05) is 12.8 Å². The Morgan fingerprint density at radius 3 is 1.07 bits per heavy atom. The van der Waals surface area contributed by atoms with E-state index in [2.05, 4.69) is 98.9 Å². The molecule has 0 saturated heterocycles. The van der Waals surface area contributed by atoms with Gasteiger partial charge < -0.3 is 27.9 Å². The fourth-order valence-electron chi connectivity index (χ4n) is 9.66. The number of likely N-dealkylation sites (N-methyl/N-ethyl adjacent to an activating group) is 1. The molecule has 0 aliphatic carbocycles. The van der Waals surface area contributed by atoms with Crippen molar-refractivity contribution in [2.45, 2.75) is 315 Å². The topological polar surface area (TPSA) is 111 Å². The predicted octanol–water partition coefficient (Wildman–Crippen LogP) is 21.5. The van der Waals surface area contributed by atoms with Crippen molar-refractivity contribution in [1.29, 1.82) is 0 Å². The van der Waals surface area contributed by atoms with E-state index in [9.17, 15) is 19.0 Å². The molecule has 0 spiro atoms. The molecule has 0 bridgehead atoms. The number of esters is 2. The number of ether oxygens (including phenoxy) is 2. The van der Waals surface area contributed by atoms with Crippen LogP contribution in [0.1, 0.15) is 309 Å². The largest absolute Gasteiger partial charge is 0.756 e. The lowest BCUT2D eigenvalue weighted by molar-refractivity contribution is -0.870. The summed E-state index contributed by atoms with van der Waals surface area (Å²) >= 11 is 0. The SMILES string of the molecule is CC/C=C\C/C=C\C/C=C\C/C=C\C/C=C\C/C=C\CCCCC(=O)OC(COC(=O)CCCCCCCCCCCCCCCCCCCCCCCCCCC/C=C\CCCCCCCCCC)COP(=O)([O-])OCC[N+](C)(C)C. The van der Waals surface area contributed by atoms with Crippen molar-refractivity contribution in [3.8, 4) is 0 Å². The lowest BCUT2D eigenvalue weighted by Crippen LogP contribution is -2.37. The van der Waals surface area contributed by atoms with Crippen molar-refractivity contribution in [1.82, 2.24) is 0 Å². The van der Waals surface area contributed by atoms with Gasteiger partial charge in [-0.2, -0.15) is 0 Å². The number of allylic oxidation sites excluding steroid dienone is 14. The van der Waals surface area contributed by atoms with E-state index in [4.69, 9.17) is 18.5 Å². The van der Waals surface area contributed by atoms with Crippen LogP contribution >= 0.6 is 7.82 Å². The van der Waals surface area contributed by atoms with Crippen molar-refractivity contribution in [2.24, 2.45) is 0 Å². The average Bonchev–Trinajstić information content (AvgIpc) is 3.46. The predicted molar refractivity (Wildman–Crippen MR) is 351 cm³/mol. The summed E-state index contributed by atoms with van der Waals surface area (Å²) in [7, 11) is 1.14. The molecule has 9 nitrogen and oxygen atoms in total. The fraction of sp³-hybridized carbons (Fsp3) is 0.778. The van der Waals surface area contributed by atoms with Crippen molar-refractivity contribution < 1.29 is 42.1 Å². The first-order chi connectivity index (χ1) is 40.0. The van der Waals surface area contributed by atoms with E-state index in [-0.39, 0.29) is 26.1 Å². The van der Waals surface area contributed by atoms with Crippen molar-refractivity contribution in [3.63, 3.8) is 0 Å². The first-order valence-corrected chi connectivity index (χ1v) is 35.8. The van der Waals surface area contributed by atoms with Gasteiger partial charge in [0.15, 0.2) is 6.10 Å². The molecular formula is C72H130NO8P. The first kappa shape index (κ1) is 79.2. The fourth-order valence-corrected chi connectivity index (χ4v) is 10.4. The smallest absolute Gasteiger partial charge is 0.306 e. The Hall–Kier alpha value is -2.81. The second kappa shape index (κ2) is 62.7. The summed E-state index contributed by atoms with van der Waals surface area (Å²) in [5, 5.41) is 0. The summed E-state index contributed by atoms with van der Waals surface area (Å²) in [6.07, 6.45) is 85.5. The summed E-state index contributed by atoms with van der Waals surface area (Å²) in [6, 6.07) is 0. The number of rotatable bonds is 63. The van der Waals surface area contributed by atoms with Crippen LogP contribution in [0.25, 0.3) is 0 Å². The first-order valence-electron chi connectivity index (χ1n) is 34.3. The highest BCUT2D eigenvalue weighted by Crippen LogP contribution is 2.38. The summed E-state index contributed by atoms with van der Waals surface area (Å²) < 4.78 is 34.2. The van der Waals surface area contributed by atoms with E-state index in [1.807, 2.05) is 21.1 Å². The van der Waals surface area contributed by atoms with Crippen LogP contribution in [-0.4, -0.2) is 70.0 Å². The zero-order chi connectivity index (χ0) is 59.8. The monoisotopic (exact) mass is 1170 g/mol. The number of unbranched alkanes of at least 4 members (excludes halogenated alkanes) is 35. The second-order valence-electron chi connectivity index (χ2n) is 24.2. The number of nitrogens with zero attached hydrogens (tertiary/aromatic N) is 1. The number of phosphoric ester groups is 1. The van der Waals surface area contributed by atoms with Crippen LogP contribution in [0.3, 0.4) is 0 Å². The van der Waals surface area contributed by atoms with Gasteiger partial charge in [0.05, 0.1) is 27.7 Å². The van der Waals surface area contributed by atoms with Gasteiger partial charge in [-0.1, -0.05) is 292 Å². The minimum absolute atomic E-state index is 0.0421. The highest BCUT2D eigenvalue weighted by atomic mass is 31.2. The number of quaternary nitrogens is 1. The highest BCUT2D eigenvalue weighted by Gasteiger charge is 2.22. The molecule has 0 aliphatic heterocycles.